The molecule has 1 rings (SSSR count). The van der Waals surface area contributed by atoms with Gasteiger partial charge in [-0.3, -0.25) is 0 Å². The van der Waals surface area contributed by atoms with Crippen LogP contribution in [-0.4, -0.2) is 66.9 Å². The van der Waals surface area contributed by atoms with Crippen LogP contribution in [0.25, 0.3) is 0 Å². The van der Waals surface area contributed by atoms with Crippen molar-refractivity contribution in [1.82, 2.24) is 9.80 Å². The molecule has 0 unspecified atom stereocenters. The van der Waals surface area contributed by atoms with Crippen molar-refractivity contribution in [1.29, 1.82) is 0 Å². The highest BCUT2D eigenvalue weighted by atomic mass is 16.5. The molecule has 1 aliphatic heterocycles. The maximum absolute atomic E-state index is 11.8. The molecule has 0 spiro atoms. The number of rotatable bonds is 4. The van der Waals surface area contributed by atoms with Crippen molar-refractivity contribution >= 4 is 6.03 Å². The van der Waals surface area contributed by atoms with Gasteiger partial charge >= 0.3 is 6.03 Å². The lowest BCUT2D eigenvalue weighted by molar-refractivity contribution is -0.00345. The van der Waals surface area contributed by atoms with Crippen molar-refractivity contribution in [2.75, 3.05) is 39.9 Å². The predicted octanol–water partition coefficient (Wildman–Crippen LogP) is 0.531. The Labute approximate surface area is 97.0 Å². The van der Waals surface area contributed by atoms with Crippen molar-refractivity contribution < 1.29 is 14.6 Å². The number of ether oxygens (including phenoxy) is 1. The summed E-state index contributed by atoms with van der Waals surface area (Å²) in [6, 6.07) is 0.100. The lowest BCUT2D eigenvalue weighted by atomic mass is 10.1. The summed E-state index contributed by atoms with van der Waals surface area (Å²) in [7, 11) is 1.82. The average molecular weight is 230 g/mol. The Balaban J connectivity index is 2.28. The molecule has 1 saturated heterocycles. The number of nitrogens with zero attached hydrogens (tertiary/aromatic N) is 2. The van der Waals surface area contributed by atoms with E-state index in [0.717, 1.165) is 32.5 Å². The van der Waals surface area contributed by atoms with Gasteiger partial charge in [0, 0.05) is 26.7 Å². The average Bonchev–Trinajstić information content (AvgIpc) is 2.35. The van der Waals surface area contributed by atoms with E-state index in [-0.39, 0.29) is 18.7 Å². The van der Waals surface area contributed by atoms with Crippen LogP contribution < -0.4 is 0 Å². The first-order chi connectivity index (χ1) is 7.69. The number of piperidine rings is 1. The van der Waals surface area contributed by atoms with Crippen LogP contribution in [0.15, 0.2) is 0 Å². The van der Waals surface area contributed by atoms with Crippen LogP contribution >= 0.6 is 0 Å². The Hall–Kier alpha value is -0.810. The minimum atomic E-state index is 0.0672. The SMILES string of the molecule is CCN(C)C(=O)N1CCC(OCCO)CC1. The number of hydrogen-bond acceptors (Lipinski definition) is 3. The molecule has 1 aliphatic rings. The summed E-state index contributed by atoms with van der Waals surface area (Å²) >= 11 is 0. The van der Waals surface area contributed by atoms with Crippen molar-refractivity contribution in [3.05, 3.63) is 0 Å². The molecule has 0 saturated carbocycles. The zero-order valence-electron chi connectivity index (χ0n) is 10.2. The van der Waals surface area contributed by atoms with Gasteiger partial charge in [-0.2, -0.15) is 0 Å². The summed E-state index contributed by atoms with van der Waals surface area (Å²) in [5.74, 6) is 0. The third kappa shape index (κ3) is 3.64. The van der Waals surface area contributed by atoms with Gasteiger partial charge in [-0.1, -0.05) is 0 Å². The lowest BCUT2D eigenvalue weighted by Gasteiger charge is -2.34. The Kier molecular flexibility index (Phi) is 5.55. The predicted molar refractivity (Wildman–Crippen MR) is 61.3 cm³/mol. The number of hydrogen-bond donors (Lipinski definition) is 1. The van der Waals surface area contributed by atoms with E-state index in [9.17, 15) is 4.79 Å². The second-order valence-corrected chi connectivity index (χ2v) is 4.08. The van der Waals surface area contributed by atoms with Crippen LogP contribution in [-0.2, 0) is 4.74 Å². The fraction of sp³-hybridized carbons (Fsp3) is 0.909. The van der Waals surface area contributed by atoms with Gasteiger partial charge in [0.2, 0.25) is 0 Å². The maximum atomic E-state index is 11.8. The Morgan fingerprint density at radius 1 is 1.50 bits per heavy atom. The van der Waals surface area contributed by atoms with Crippen LogP contribution in [0.5, 0.6) is 0 Å². The number of amides is 2. The molecule has 0 aromatic carbocycles. The van der Waals surface area contributed by atoms with Crippen molar-refractivity contribution in [3.63, 3.8) is 0 Å². The fourth-order valence-corrected chi connectivity index (χ4v) is 1.81. The van der Waals surface area contributed by atoms with E-state index in [1.807, 2.05) is 18.9 Å². The molecule has 94 valence electrons. The van der Waals surface area contributed by atoms with Crippen LogP contribution in [0.1, 0.15) is 19.8 Å². The molecule has 0 bridgehead atoms. The van der Waals surface area contributed by atoms with Gasteiger partial charge in [-0.15, -0.1) is 0 Å². The zero-order valence-corrected chi connectivity index (χ0v) is 10.2. The normalized spacial score (nSPS) is 17.6. The molecule has 1 heterocycles. The molecular formula is C11H22N2O3. The molecule has 1 N–H and O–H groups in total. The van der Waals surface area contributed by atoms with Gasteiger partial charge in [-0.25, -0.2) is 4.79 Å². The van der Waals surface area contributed by atoms with E-state index < -0.39 is 0 Å². The first-order valence-corrected chi connectivity index (χ1v) is 5.91. The van der Waals surface area contributed by atoms with E-state index in [1.54, 1.807) is 4.90 Å². The second kappa shape index (κ2) is 6.70. The topological polar surface area (TPSA) is 53.0 Å². The van der Waals surface area contributed by atoms with Crippen molar-refractivity contribution in [3.8, 4) is 0 Å². The smallest absolute Gasteiger partial charge is 0.319 e. The van der Waals surface area contributed by atoms with Gasteiger partial charge < -0.3 is 19.6 Å². The summed E-state index contributed by atoms with van der Waals surface area (Å²) in [6.45, 7) is 4.67. The first-order valence-electron chi connectivity index (χ1n) is 5.91. The summed E-state index contributed by atoms with van der Waals surface area (Å²) in [5.41, 5.74) is 0. The fourth-order valence-electron chi connectivity index (χ4n) is 1.81. The van der Waals surface area contributed by atoms with Gasteiger partial charge in [0.05, 0.1) is 19.3 Å². The number of aliphatic hydroxyl groups is 1. The summed E-state index contributed by atoms with van der Waals surface area (Å²) in [4.78, 5) is 15.4. The third-order valence-corrected chi connectivity index (χ3v) is 2.96. The summed E-state index contributed by atoms with van der Waals surface area (Å²) in [6.07, 6.45) is 1.93. The quantitative estimate of drug-likeness (QED) is 0.766. The van der Waals surface area contributed by atoms with Crippen molar-refractivity contribution in [2.24, 2.45) is 0 Å². The van der Waals surface area contributed by atoms with E-state index in [4.69, 9.17) is 9.84 Å². The monoisotopic (exact) mass is 230 g/mol. The van der Waals surface area contributed by atoms with Crippen LogP contribution in [0.4, 0.5) is 4.79 Å². The Morgan fingerprint density at radius 2 is 2.12 bits per heavy atom. The number of carbonyl (C=O) groups is 1. The molecule has 1 fully saturated rings. The van der Waals surface area contributed by atoms with Gasteiger partial charge in [0.15, 0.2) is 0 Å². The molecule has 0 aliphatic carbocycles. The van der Waals surface area contributed by atoms with Crippen molar-refractivity contribution in [2.45, 2.75) is 25.9 Å². The lowest BCUT2D eigenvalue weighted by Crippen LogP contribution is -2.46. The molecule has 0 radical (unpaired) electrons. The van der Waals surface area contributed by atoms with E-state index in [2.05, 4.69) is 0 Å². The van der Waals surface area contributed by atoms with Crippen LogP contribution in [0, 0.1) is 0 Å². The van der Waals surface area contributed by atoms with E-state index in [1.165, 1.54) is 0 Å². The molecule has 0 aromatic rings. The molecule has 16 heavy (non-hydrogen) atoms. The van der Waals surface area contributed by atoms with E-state index in [0.29, 0.717) is 6.61 Å². The van der Waals surface area contributed by atoms with Gasteiger partial charge in [0.1, 0.15) is 0 Å². The highest BCUT2D eigenvalue weighted by Crippen LogP contribution is 2.14. The molecule has 5 heteroatoms. The molecule has 0 aromatic heterocycles. The zero-order chi connectivity index (χ0) is 12.0. The minimum Gasteiger partial charge on any atom is -0.394 e. The first kappa shape index (κ1) is 13.3. The van der Waals surface area contributed by atoms with Crippen LogP contribution in [0.3, 0.4) is 0 Å². The summed E-state index contributed by atoms with van der Waals surface area (Å²) < 4.78 is 5.45. The minimum absolute atomic E-state index is 0.0672. The maximum Gasteiger partial charge on any atom is 0.319 e. The molecule has 2 amide bonds. The second-order valence-electron chi connectivity index (χ2n) is 4.08. The molecular weight excluding hydrogens is 208 g/mol. The highest BCUT2D eigenvalue weighted by molar-refractivity contribution is 5.74. The van der Waals surface area contributed by atoms with Crippen LogP contribution in [0.2, 0.25) is 0 Å². The number of urea groups is 1. The largest absolute Gasteiger partial charge is 0.394 e. The van der Waals surface area contributed by atoms with Gasteiger partial charge in [-0.05, 0) is 19.8 Å². The number of carbonyl (C=O) groups excluding carboxylic acids is 1. The third-order valence-electron chi connectivity index (χ3n) is 2.96. The standard InChI is InChI=1S/C11H22N2O3/c1-3-12(2)11(15)13-6-4-10(5-7-13)16-9-8-14/h10,14H,3-9H2,1-2H3. The number of likely N-dealkylation sites (tertiary alicyclic amines) is 1. The molecule has 5 nitrogen and oxygen atoms in total. The Bertz CT molecular complexity index is 215. The molecule has 0 atom stereocenters. The number of aliphatic hydroxyl groups excluding tert-OH is 1. The Morgan fingerprint density at radius 3 is 2.62 bits per heavy atom. The summed E-state index contributed by atoms with van der Waals surface area (Å²) in [5, 5.41) is 8.65. The highest BCUT2D eigenvalue weighted by Gasteiger charge is 2.24. The van der Waals surface area contributed by atoms with E-state index >= 15 is 0 Å². The van der Waals surface area contributed by atoms with Gasteiger partial charge in [0.25, 0.3) is 0 Å².